The van der Waals surface area contributed by atoms with Crippen LogP contribution in [-0.4, -0.2) is 27.4 Å². The third kappa shape index (κ3) is 3.35. The first-order chi connectivity index (χ1) is 11.7. The number of hydrogen-bond donors (Lipinski definition) is 1. The van der Waals surface area contributed by atoms with Gasteiger partial charge in [0.2, 0.25) is 0 Å². The fraction of sp³-hybridized carbons (Fsp3) is 0.333. The number of alkyl halides is 4. The standard InChI is InChI=1S/C15H12BrF4N3O2/c16-10-4-8(6-17)3-9(5-10)7-22-1-2-23-13(22)11(14(24)25)12(21-23)15(18,19)20/h3-5H,1-2,6-7H2,(H,24,25). The highest BCUT2D eigenvalue weighted by Gasteiger charge is 2.44. The number of hydrogen-bond acceptors (Lipinski definition) is 3. The molecule has 0 saturated carbocycles. The van der Waals surface area contributed by atoms with Gasteiger partial charge in [-0.05, 0) is 23.3 Å². The minimum Gasteiger partial charge on any atom is -0.477 e. The molecule has 10 heteroatoms. The molecule has 1 N–H and O–H groups in total. The second-order valence-corrected chi connectivity index (χ2v) is 6.51. The average Bonchev–Trinajstić information content (AvgIpc) is 3.06. The Balaban J connectivity index is 2.00. The molecule has 1 aromatic carbocycles. The van der Waals surface area contributed by atoms with Crippen LogP contribution in [-0.2, 0) is 25.9 Å². The van der Waals surface area contributed by atoms with Crippen molar-refractivity contribution in [1.82, 2.24) is 9.78 Å². The number of aromatic nitrogens is 2. The molecule has 2 aromatic rings. The van der Waals surface area contributed by atoms with Crippen molar-refractivity contribution in [2.24, 2.45) is 0 Å². The minimum absolute atomic E-state index is 0.0819. The van der Waals surface area contributed by atoms with Gasteiger partial charge in [-0.2, -0.15) is 18.3 Å². The molecule has 0 saturated heterocycles. The third-order valence-corrected chi connectivity index (χ3v) is 4.29. The van der Waals surface area contributed by atoms with Crippen molar-refractivity contribution >= 4 is 27.7 Å². The van der Waals surface area contributed by atoms with Gasteiger partial charge in [0.25, 0.3) is 0 Å². The Hall–Kier alpha value is -2.10. The van der Waals surface area contributed by atoms with E-state index in [1.807, 2.05) is 0 Å². The summed E-state index contributed by atoms with van der Waals surface area (Å²) in [6.07, 6.45) is -4.85. The summed E-state index contributed by atoms with van der Waals surface area (Å²) < 4.78 is 53.8. The van der Waals surface area contributed by atoms with Gasteiger partial charge < -0.3 is 10.0 Å². The summed E-state index contributed by atoms with van der Waals surface area (Å²) in [6.45, 7) is -0.0629. The lowest BCUT2D eigenvalue weighted by atomic mass is 10.1. The number of fused-ring (bicyclic) bond motifs is 1. The smallest absolute Gasteiger partial charge is 0.436 e. The quantitative estimate of drug-likeness (QED) is 0.761. The Kier molecular flexibility index (Phi) is 4.48. The largest absolute Gasteiger partial charge is 0.477 e. The van der Waals surface area contributed by atoms with E-state index in [1.54, 1.807) is 18.2 Å². The zero-order chi connectivity index (χ0) is 18.4. The van der Waals surface area contributed by atoms with Crippen molar-refractivity contribution in [2.75, 3.05) is 11.4 Å². The normalized spacial score (nSPS) is 14.0. The van der Waals surface area contributed by atoms with E-state index in [9.17, 15) is 27.5 Å². The Morgan fingerprint density at radius 3 is 2.52 bits per heavy atom. The molecule has 1 aliphatic rings. The number of rotatable bonds is 4. The lowest BCUT2D eigenvalue weighted by molar-refractivity contribution is -0.142. The van der Waals surface area contributed by atoms with Gasteiger partial charge in [-0.25, -0.2) is 13.9 Å². The van der Waals surface area contributed by atoms with Crippen LogP contribution in [0.5, 0.6) is 0 Å². The SMILES string of the molecule is O=C(O)c1c(C(F)(F)F)nn2c1N(Cc1cc(Br)cc(CF)c1)CC2. The monoisotopic (exact) mass is 421 g/mol. The van der Waals surface area contributed by atoms with Crippen LogP contribution in [0.4, 0.5) is 23.4 Å². The molecule has 2 heterocycles. The molecule has 0 unspecified atom stereocenters. The highest BCUT2D eigenvalue weighted by atomic mass is 79.9. The summed E-state index contributed by atoms with van der Waals surface area (Å²) in [5.74, 6) is -1.76. The first kappa shape index (κ1) is 17.7. The number of halogens is 5. The fourth-order valence-corrected chi connectivity index (χ4v) is 3.50. The minimum atomic E-state index is -4.85. The summed E-state index contributed by atoms with van der Waals surface area (Å²) >= 11 is 3.26. The molecule has 0 atom stereocenters. The Labute approximate surface area is 148 Å². The molecular weight excluding hydrogens is 410 g/mol. The number of carboxylic acids is 1. The lowest BCUT2D eigenvalue weighted by Gasteiger charge is -2.19. The summed E-state index contributed by atoms with van der Waals surface area (Å²) in [4.78, 5) is 12.9. The van der Waals surface area contributed by atoms with Crippen molar-refractivity contribution < 1.29 is 27.5 Å². The molecule has 0 bridgehead atoms. The molecule has 1 aromatic heterocycles. The molecule has 0 fully saturated rings. The van der Waals surface area contributed by atoms with Crippen molar-refractivity contribution in [2.45, 2.75) is 25.9 Å². The topological polar surface area (TPSA) is 58.4 Å². The van der Waals surface area contributed by atoms with Gasteiger partial charge in [-0.1, -0.05) is 22.0 Å². The average molecular weight is 422 g/mol. The Morgan fingerprint density at radius 2 is 1.92 bits per heavy atom. The molecule has 5 nitrogen and oxygen atoms in total. The number of anilines is 1. The first-order valence-corrected chi connectivity index (χ1v) is 8.00. The van der Waals surface area contributed by atoms with Gasteiger partial charge in [0.05, 0.1) is 6.54 Å². The predicted octanol–water partition coefficient (Wildman–Crippen LogP) is 3.85. The van der Waals surface area contributed by atoms with Gasteiger partial charge >= 0.3 is 12.1 Å². The number of aromatic carboxylic acids is 1. The van der Waals surface area contributed by atoms with E-state index in [0.29, 0.717) is 22.1 Å². The molecule has 25 heavy (non-hydrogen) atoms. The van der Waals surface area contributed by atoms with Crippen LogP contribution in [0.25, 0.3) is 0 Å². The van der Waals surface area contributed by atoms with Crippen LogP contribution < -0.4 is 4.90 Å². The van der Waals surface area contributed by atoms with Gasteiger partial charge in [0.1, 0.15) is 18.1 Å². The van der Waals surface area contributed by atoms with Crippen LogP contribution in [0, 0.1) is 0 Å². The number of nitrogens with zero attached hydrogens (tertiary/aromatic N) is 3. The summed E-state index contributed by atoms with van der Waals surface area (Å²) in [7, 11) is 0. The number of benzene rings is 1. The van der Waals surface area contributed by atoms with Crippen LogP contribution >= 0.6 is 15.9 Å². The highest BCUT2D eigenvalue weighted by Crippen LogP contribution is 2.38. The molecule has 0 aliphatic carbocycles. The van der Waals surface area contributed by atoms with E-state index in [-0.39, 0.29) is 18.9 Å². The predicted molar refractivity (Wildman–Crippen MR) is 84.2 cm³/mol. The van der Waals surface area contributed by atoms with Crippen LogP contribution in [0.15, 0.2) is 22.7 Å². The van der Waals surface area contributed by atoms with Crippen molar-refractivity contribution in [3.63, 3.8) is 0 Å². The van der Waals surface area contributed by atoms with Gasteiger partial charge in [0.15, 0.2) is 5.69 Å². The van der Waals surface area contributed by atoms with Crippen molar-refractivity contribution in [3.05, 3.63) is 45.1 Å². The van der Waals surface area contributed by atoms with Crippen LogP contribution in [0.1, 0.15) is 27.2 Å². The van der Waals surface area contributed by atoms with Crippen molar-refractivity contribution in [3.8, 4) is 0 Å². The van der Waals surface area contributed by atoms with Gasteiger partial charge in [-0.3, -0.25) is 0 Å². The van der Waals surface area contributed by atoms with Crippen molar-refractivity contribution in [1.29, 1.82) is 0 Å². The molecule has 0 spiro atoms. The van der Waals surface area contributed by atoms with Crippen LogP contribution in [0.3, 0.4) is 0 Å². The molecule has 134 valence electrons. The van der Waals surface area contributed by atoms with Crippen LogP contribution in [0.2, 0.25) is 0 Å². The first-order valence-electron chi connectivity index (χ1n) is 7.21. The lowest BCUT2D eigenvalue weighted by Crippen LogP contribution is -2.23. The zero-order valence-corrected chi connectivity index (χ0v) is 14.2. The van der Waals surface area contributed by atoms with E-state index in [0.717, 1.165) is 4.68 Å². The van der Waals surface area contributed by atoms with E-state index in [2.05, 4.69) is 21.0 Å². The third-order valence-electron chi connectivity index (χ3n) is 3.83. The second kappa shape index (κ2) is 6.32. The zero-order valence-electron chi connectivity index (χ0n) is 12.6. The summed E-state index contributed by atoms with van der Waals surface area (Å²) in [5.41, 5.74) is -1.18. The number of carboxylic acid groups (broad SMARTS) is 1. The maximum Gasteiger partial charge on any atom is 0.436 e. The molecular formula is C15H12BrF4N3O2. The molecule has 3 rings (SSSR count). The fourth-order valence-electron chi connectivity index (χ4n) is 2.91. The Bertz CT molecular complexity index is 835. The van der Waals surface area contributed by atoms with Gasteiger partial charge in [0, 0.05) is 17.6 Å². The number of carbonyl (C=O) groups is 1. The molecule has 0 amide bonds. The molecule has 1 aliphatic heterocycles. The second-order valence-electron chi connectivity index (χ2n) is 5.60. The maximum atomic E-state index is 13.1. The maximum absolute atomic E-state index is 13.1. The van der Waals surface area contributed by atoms with E-state index >= 15 is 0 Å². The summed E-state index contributed by atoms with van der Waals surface area (Å²) in [5, 5.41) is 12.7. The summed E-state index contributed by atoms with van der Waals surface area (Å²) in [6, 6.07) is 4.90. The van der Waals surface area contributed by atoms with E-state index in [1.165, 1.54) is 4.90 Å². The van der Waals surface area contributed by atoms with Gasteiger partial charge in [-0.15, -0.1) is 0 Å². The van der Waals surface area contributed by atoms with E-state index in [4.69, 9.17) is 0 Å². The highest BCUT2D eigenvalue weighted by molar-refractivity contribution is 9.10. The Morgan fingerprint density at radius 1 is 1.24 bits per heavy atom. The molecule has 0 radical (unpaired) electrons. The van der Waals surface area contributed by atoms with E-state index < -0.39 is 30.1 Å².